The molecule has 3 heteroatoms. The molecule has 14 rings (SSSR count). The first kappa shape index (κ1) is 44.5. The number of hydrogen-bond donors (Lipinski definition) is 0. The lowest BCUT2D eigenvalue weighted by Gasteiger charge is -2.30. The molecule has 0 amide bonds. The van der Waals surface area contributed by atoms with Crippen LogP contribution in [-0.2, 0) is 10.8 Å². The molecule has 0 fully saturated rings. The molecule has 2 aliphatic rings. The maximum absolute atomic E-state index is 2.46. The van der Waals surface area contributed by atoms with E-state index >= 15 is 0 Å². The fourth-order valence-corrected chi connectivity index (χ4v) is 12.6. The average Bonchev–Trinajstić information content (AvgIpc) is 4.03. The Labute approximate surface area is 439 Å². The number of rotatable bonds is 9. The van der Waals surface area contributed by atoms with Crippen LogP contribution in [-0.4, -0.2) is 4.57 Å². The molecule has 0 saturated carbocycles. The number of fused-ring (bicyclic) bond motifs is 9. The number of nitrogens with zero attached hydrogens (tertiary/aromatic N) is 3. The van der Waals surface area contributed by atoms with Crippen LogP contribution in [0.3, 0.4) is 0 Å². The Kier molecular flexibility index (Phi) is 10.2. The Balaban J connectivity index is 0.859. The lowest BCUT2D eigenvalue weighted by Crippen LogP contribution is -2.18. The second-order valence-corrected chi connectivity index (χ2v) is 21.3. The van der Waals surface area contributed by atoms with Crippen molar-refractivity contribution in [3.8, 4) is 50.2 Å². The number of anilines is 6. The third-order valence-electron chi connectivity index (χ3n) is 16.4. The summed E-state index contributed by atoms with van der Waals surface area (Å²) < 4.78 is 2.43. The predicted molar refractivity (Wildman–Crippen MR) is 316 cm³/mol. The van der Waals surface area contributed by atoms with Crippen LogP contribution in [0.5, 0.6) is 0 Å². The molecule has 0 saturated heterocycles. The van der Waals surface area contributed by atoms with Crippen molar-refractivity contribution in [2.75, 3.05) is 9.80 Å². The zero-order valence-electron chi connectivity index (χ0n) is 42.7. The maximum Gasteiger partial charge on any atom is 0.0547 e. The van der Waals surface area contributed by atoms with Gasteiger partial charge in [0.2, 0.25) is 0 Å². The summed E-state index contributed by atoms with van der Waals surface area (Å²) in [5.74, 6) is 0. The Bertz CT molecular complexity index is 4060. The van der Waals surface area contributed by atoms with Gasteiger partial charge in [0.15, 0.2) is 0 Å². The SMILES string of the molecule is CC1(C)c2ccccc2-c2ccc(N(c3ccc(-c4ccc5c6ccccc6n(-c6ccc(N(c7ccccc7)c7ccccc7-c7ccccc7)cc6)c5c4)cc3)c3ccc4c(c3)C(C)(C)c3ccccc3-4)cc21. The molecule has 11 aromatic carbocycles. The summed E-state index contributed by atoms with van der Waals surface area (Å²) >= 11 is 0. The van der Waals surface area contributed by atoms with Gasteiger partial charge in [-0.2, -0.15) is 0 Å². The molecule has 2 aliphatic carbocycles. The van der Waals surface area contributed by atoms with Gasteiger partial charge in [-0.3, -0.25) is 0 Å². The molecule has 0 radical (unpaired) electrons. The van der Waals surface area contributed by atoms with Crippen LogP contribution in [0.15, 0.2) is 261 Å². The van der Waals surface area contributed by atoms with Gasteiger partial charge in [0.25, 0.3) is 0 Å². The first-order chi connectivity index (χ1) is 36.7. The van der Waals surface area contributed by atoms with Gasteiger partial charge in [-0.15, -0.1) is 0 Å². The Morgan fingerprint density at radius 2 is 0.733 bits per heavy atom. The summed E-state index contributed by atoms with van der Waals surface area (Å²) in [6.07, 6.45) is 0. The Hall–Kier alpha value is -9.18. The highest BCUT2D eigenvalue weighted by atomic mass is 15.1. The molecule has 0 bridgehead atoms. The summed E-state index contributed by atoms with van der Waals surface area (Å²) in [6.45, 7) is 9.48. The average molecular weight is 962 g/mol. The third-order valence-corrected chi connectivity index (χ3v) is 16.4. The van der Waals surface area contributed by atoms with Crippen molar-refractivity contribution in [3.05, 3.63) is 283 Å². The Morgan fingerprint density at radius 3 is 1.37 bits per heavy atom. The topological polar surface area (TPSA) is 11.4 Å². The van der Waals surface area contributed by atoms with Crippen molar-refractivity contribution in [1.82, 2.24) is 4.57 Å². The van der Waals surface area contributed by atoms with Crippen LogP contribution < -0.4 is 9.80 Å². The zero-order valence-corrected chi connectivity index (χ0v) is 42.7. The molecular weight excluding hydrogens is 907 g/mol. The number of aromatic nitrogens is 1. The molecule has 0 unspecified atom stereocenters. The quantitative estimate of drug-likeness (QED) is 0.143. The van der Waals surface area contributed by atoms with E-state index in [2.05, 4.69) is 303 Å². The van der Waals surface area contributed by atoms with E-state index in [-0.39, 0.29) is 10.8 Å². The van der Waals surface area contributed by atoms with Gasteiger partial charge in [0, 0.05) is 61.3 Å². The number of hydrogen-bond acceptors (Lipinski definition) is 2. The van der Waals surface area contributed by atoms with E-state index in [1.807, 2.05) is 0 Å². The van der Waals surface area contributed by atoms with Crippen LogP contribution in [0.4, 0.5) is 34.1 Å². The van der Waals surface area contributed by atoms with Crippen molar-refractivity contribution in [2.24, 2.45) is 0 Å². The fraction of sp³-hybridized carbons (Fsp3) is 0.0833. The number of benzene rings is 11. The fourth-order valence-electron chi connectivity index (χ4n) is 12.6. The molecule has 75 heavy (non-hydrogen) atoms. The van der Waals surface area contributed by atoms with Crippen LogP contribution >= 0.6 is 0 Å². The second kappa shape index (κ2) is 17.2. The van der Waals surface area contributed by atoms with Crippen molar-refractivity contribution in [1.29, 1.82) is 0 Å². The summed E-state index contributed by atoms with van der Waals surface area (Å²) in [4.78, 5) is 4.83. The highest BCUT2D eigenvalue weighted by Gasteiger charge is 2.38. The largest absolute Gasteiger partial charge is 0.310 e. The predicted octanol–water partition coefficient (Wildman–Crippen LogP) is 19.7. The summed E-state index contributed by atoms with van der Waals surface area (Å²) in [7, 11) is 0. The summed E-state index contributed by atoms with van der Waals surface area (Å²) in [5.41, 5.74) is 25.4. The van der Waals surface area contributed by atoms with E-state index in [0.29, 0.717) is 0 Å². The van der Waals surface area contributed by atoms with Crippen LogP contribution in [0.25, 0.3) is 72.0 Å². The molecule has 0 N–H and O–H groups in total. The normalized spacial score (nSPS) is 13.5. The van der Waals surface area contributed by atoms with E-state index in [4.69, 9.17) is 0 Å². The molecule has 0 atom stereocenters. The number of para-hydroxylation sites is 3. The van der Waals surface area contributed by atoms with Gasteiger partial charge in [-0.25, -0.2) is 0 Å². The summed E-state index contributed by atoms with van der Waals surface area (Å²) in [5, 5.41) is 2.46. The lowest BCUT2D eigenvalue weighted by atomic mass is 9.82. The van der Waals surface area contributed by atoms with Gasteiger partial charge in [0.1, 0.15) is 0 Å². The second-order valence-electron chi connectivity index (χ2n) is 21.3. The maximum atomic E-state index is 2.46. The molecule has 3 nitrogen and oxygen atoms in total. The minimum absolute atomic E-state index is 0.126. The van der Waals surface area contributed by atoms with E-state index in [1.165, 1.54) is 88.6 Å². The van der Waals surface area contributed by atoms with E-state index in [1.54, 1.807) is 0 Å². The molecule has 0 aliphatic heterocycles. The summed E-state index contributed by atoms with van der Waals surface area (Å²) in [6, 6.07) is 96.2. The molecular formula is C72H55N3. The van der Waals surface area contributed by atoms with Crippen molar-refractivity contribution in [2.45, 2.75) is 38.5 Å². The minimum Gasteiger partial charge on any atom is -0.310 e. The monoisotopic (exact) mass is 961 g/mol. The van der Waals surface area contributed by atoms with E-state index < -0.39 is 0 Å². The molecule has 1 heterocycles. The van der Waals surface area contributed by atoms with Crippen molar-refractivity contribution in [3.63, 3.8) is 0 Å². The molecule has 358 valence electrons. The van der Waals surface area contributed by atoms with Gasteiger partial charge in [0.05, 0.1) is 16.7 Å². The third kappa shape index (κ3) is 7.10. The highest BCUT2D eigenvalue weighted by Crippen LogP contribution is 2.53. The smallest absolute Gasteiger partial charge is 0.0547 e. The van der Waals surface area contributed by atoms with E-state index in [0.717, 1.165) is 39.8 Å². The van der Waals surface area contributed by atoms with Crippen LogP contribution in [0, 0.1) is 0 Å². The molecule has 0 spiro atoms. The van der Waals surface area contributed by atoms with E-state index in [9.17, 15) is 0 Å². The van der Waals surface area contributed by atoms with Crippen molar-refractivity contribution >= 4 is 55.9 Å². The zero-order chi connectivity index (χ0) is 50.4. The van der Waals surface area contributed by atoms with Gasteiger partial charge in [-0.05, 0) is 152 Å². The first-order valence-electron chi connectivity index (χ1n) is 26.3. The van der Waals surface area contributed by atoms with Crippen LogP contribution in [0.2, 0.25) is 0 Å². The first-order valence-corrected chi connectivity index (χ1v) is 26.3. The highest BCUT2D eigenvalue weighted by molar-refractivity contribution is 6.10. The van der Waals surface area contributed by atoms with Crippen LogP contribution in [0.1, 0.15) is 49.9 Å². The Morgan fingerprint density at radius 1 is 0.280 bits per heavy atom. The lowest BCUT2D eigenvalue weighted by molar-refractivity contribution is 0.660. The van der Waals surface area contributed by atoms with Gasteiger partial charge >= 0.3 is 0 Å². The molecule has 12 aromatic rings. The molecule has 1 aromatic heterocycles. The standard InChI is InChI=1S/C72H55N3/c1-71(2)64-27-15-11-24-58(64)60-43-40-55(46-66(60)71)73(56-41-44-61-59-25-12-16-28-65(59)72(3,4)67(61)47-56)52-34-31-48(32-35-52)50-33-42-63-62-26-14-18-30-69(62)75(70(63)45-50)54-38-36-53(37-39-54)74(51-21-9-6-10-22-51)68-29-17-13-23-57(68)49-19-7-5-8-20-49/h5-47H,1-4H3. The minimum atomic E-state index is -0.126. The van der Waals surface area contributed by atoms with Crippen molar-refractivity contribution < 1.29 is 0 Å². The van der Waals surface area contributed by atoms with Gasteiger partial charge in [-0.1, -0.05) is 198 Å². The van der Waals surface area contributed by atoms with Gasteiger partial charge < -0.3 is 14.4 Å².